The second kappa shape index (κ2) is 9.69. The van der Waals surface area contributed by atoms with Crippen molar-refractivity contribution in [2.45, 2.75) is 57.2 Å². The summed E-state index contributed by atoms with van der Waals surface area (Å²) >= 11 is 0. The zero-order valence-corrected chi connectivity index (χ0v) is 20.8. The summed E-state index contributed by atoms with van der Waals surface area (Å²) < 4.78 is 44.2. The van der Waals surface area contributed by atoms with E-state index in [4.69, 9.17) is 4.74 Å². The lowest BCUT2D eigenvalue weighted by Gasteiger charge is -2.36. The minimum absolute atomic E-state index is 0.0551. The van der Waals surface area contributed by atoms with Crippen molar-refractivity contribution in [1.82, 2.24) is 10.3 Å². The number of anilines is 1. The number of aldehydes is 1. The number of aromatic nitrogens is 1. The number of carbonyl (C=O) groups is 2. The first-order valence-corrected chi connectivity index (χ1v) is 12.9. The van der Waals surface area contributed by atoms with Crippen LogP contribution in [0.2, 0.25) is 0 Å². The summed E-state index contributed by atoms with van der Waals surface area (Å²) in [6.45, 7) is 7.99. The van der Waals surface area contributed by atoms with Crippen molar-refractivity contribution < 1.29 is 27.1 Å². The van der Waals surface area contributed by atoms with Crippen molar-refractivity contribution >= 4 is 27.9 Å². The molecule has 0 spiro atoms. The number of carbonyl (C=O) groups excluding carboxylic acids is 2. The summed E-state index contributed by atoms with van der Waals surface area (Å²) in [6.07, 6.45) is 3.46. The molecule has 34 heavy (non-hydrogen) atoms. The van der Waals surface area contributed by atoms with Gasteiger partial charge in [0.25, 0.3) is 0 Å². The highest BCUT2D eigenvalue weighted by atomic mass is 32.2. The maximum absolute atomic E-state index is 14.2. The molecular weight excluding hydrogens is 461 g/mol. The van der Waals surface area contributed by atoms with E-state index in [2.05, 4.69) is 10.3 Å². The van der Waals surface area contributed by atoms with E-state index in [9.17, 15) is 22.4 Å². The highest BCUT2D eigenvalue weighted by Crippen LogP contribution is 2.37. The number of benzene rings is 1. The van der Waals surface area contributed by atoms with Gasteiger partial charge >= 0.3 is 6.09 Å². The van der Waals surface area contributed by atoms with E-state index in [0.717, 1.165) is 6.26 Å². The van der Waals surface area contributed by atoms with Crippen LogP contribution in [0.25, 0.3) is 11.1 Å². The molecule has 0 atom stereocenters. The number of hydrogen-bond acceptors (Lipinski definition) is 7. The molecule has 0 bridgehead atoms. The fraction of sp³-hybridized carbons (Fsp3) is 0.458. The van der Waals surface area contributed by atoms with Crippen molar-refractivity contribution in [3.8, 4) is 11.1 Å². The first-order chi connectivity index (χ1) is 15.8. The Kier molecular flexibility index (Phi) is 7.30. The molecule has 1 aliphatic rings. The van der Waals surface area contributed by atoms with Crippen LogP contribution in [0.4, 0.5) is 14.9 Å². The third-order valence-electron chi connectivity index (χ3n) is 5.41. The predicted octanol–water partition coefficient (Wildman–Crippen LogP) is 3.91. The van der Waals surface area contributed by atoms with Gasteiger partial charge in [-0.15, -0.1) is 0 Å². The monoisotopic (exact) mass is 491 g/mol. The number of pyridine rings is 1. The summed E-state index contributed by atoms with van der Waals surface area (Å²) in [4.78, 5) is 30.2. The molecule has 184 valence electrons. The summed E-state index contributed by atoms with van der Waals surface area (Å²) in [5.74, 6) is -0.443. The zero-order chi connectivity index (χ0) is 25.3. The number of aryl methyl sites for hydroxylation is 1. The van der Waals surface area contributed by atoms with E-state index in [0.29, 0.717) is 54.6 Å². The number of halogens is 1. The van der Waals surface area contributed by atoms with Crippen LogP contribution in [0.1, 0.15) is 49.5 Å². The number of amides is 1. The number of ether oxygens (including phenoxy) is 1. The van der Waals surface area contributed by atoms with Crippen LogP contribution in [0.5, 0.6) is 0 Å². The molecular formula is C24H30FN3O5S. The lowest BCUT2D eigenvalue weighted by atomic mass is 9.97. The zero-order valence-electron chi connectivity index (χ0n) is 20.0. The van der Waals surface area contributed by atoms with E-state index in [-0.39, 0.29) is 16.6 Å². The molecule has 0 unspecified atom stereocenters. The Hall–Kier alpha value is -3.01. The molecule has 1 saturated heterocycles. The SMILES string of the molecule is Cc1cc(F)cc(-c2cnc(S(C)(=O)=O)c(C=O)c2N2CCC(NC(=O)OC(C)(C)C)CC2)c1. The van der Waals surface area contributed by atoms with Gasteiger partial charge in [0, 0.05) is 37.1 Å². The highest BCUT2D eigenvalue weighted by Gasteiger charge is 2.29. The van der Waals surface area contributed by atoms with Gasteiger partial charge in [-0.25, -0.2) is 22.6 Å². The predicted molar refractivity (Wildman–Crippen MR) is 127 cm³/mol. The number of nitrogens with one attached hydrogen (secondary N) is 1. The molecule has 10 heteroatoms. The number of piperidine rings is 1. The number of sulfone groups is 1. The lowest BCUT2D eigenvalue weighted by Crippen LogP contribution is -2.46. The van der Waals surface area contributed by atoms with Crippen LogP contribution in [0.3, 0.4) is 0 Å². The van der Waals surface area contributed by atoms with Crippen LogP contribution < -0.4 is 10.2 Å². The Bertz CT molecular complexity index is 1180. The third kappa shape index (κ3) is 6.11. The minimum Gasteiger partial charge on any atom is -0.444 e. The minimum atomic E-state index is -3.78. The number of hydrogen-bond donors (Lipinski definition) is 1. The average molecular weight is 492 g/mol. The third-order valence-corrected chi connectivity index (χ3v) is 6.43. The molecule has 0 saturated carbocycles. The van der Waals surface area contributed by atoms with Gasteiger partial charge in [-0.2, -0.15) is 0 Å². The van der Waals surface area contributed by atoms with Gasteiger partial charge in [-0.1, -0.05) is 6.07 Å². The first-order valence-electron chi connectivity index (χ1n) is 11.0. The molecule has 1 aromatic heterocycles. The van der Waals surface area contributed by atoms with Crippen molar-refractivity contribution in [2.24, 2.45) is 0 Å². The Morgan fingerprint density at radius 1 is 1.24 bits per heavy atom. The molecule has 3 rings (SSSR count). The second-order valence-corrected chi connectivity index (χ2v) is 11.5. The van der Waals surface area contributed by atoms with Crippen molar-refractivity contribution in [1.29, 1.82) is 0 Å². The molecule has 8 nitrogen and oxygen atoms in total. The van der Waals surface area contributed by atoms with Gasteiger partial charge in [0.2, 0.25) is 0 Å². The Labute approximate surface area is 199 Å². The lowest BCUT2D eigenvalue weighted by molar-refractivity contribution is 0.0497. The maximum Gasteiger partial charge on any atom is 0.407 e. The molecule has 1 fully saturated rings. The molecule has 0 aliphatic carbocycles. The van der Waals surface area contributed by atoms with Gasteiger partial charge in [0.1, 0.15) is 11.4 Å². The summed E-state index contributed by atoms with van der Waals surface area (Å²) in [7, 11) is -3.78. The smallest absolute Gasteiger partial charge is 0.407 e. The molecule has 0 radical (unpaired) electrons. The Morgan fingerprint density at radius 3 is 2.41 bits per heavy atom. The average Bonchev–Trinajstić information content (AvgIpc) is 2.70. The van der Waals surface area contributed by atoms with Gasteiger partial charge in [-0.3, -0.25) is 4.79 Å². The van der Waals surface area contributed by atoms with Gasteiger partial charge in [-0.05, 0) is 63.8 Å². The normalized spacial score (nSPS) is 15.2. The van der Waals surface area contributed by atoms with E-state index >= 15 is 0 Å². The van der Waals surface area contributed by atoms with Crippen molar-refractivity contribution in [2.75, 3.05) is 24.2 Å². The summed E-state index contributed by atoms with van der Waals surface area (Å²) in [5, 5.41) is 2.54. The molecule has 2 heterocycles. The van der Waals surface area contributed by atoms with Crippen LogP contribution in [-0.2, 0) is 14.6 Å². The fourth-order valence-electron chi connectivity index (χ4n) is 4.07. The van der Waals surface area contributed by atoms with Crippen molar-refractivity contribution in [3.63, 3.8) is 0 Å². The maximum atomic E-state index is 14.2. The van der Waals surface area contributed by atoms with Crippen LogP contribution in [0, 0.1) is 12.7 Å². The van der Waals surface area contributed by atoms with Crippen LogP contribution in [0.15, 0.2) is 29.4 Å². The summed E-state index contributed by atoms with van der Waals surface area (Å²) in [5.41, 5.74) is 1.38. The van der Waals surface area contributed by atoms with E-state index in [1.165, 1.54) is 18.3 Å². The standard InChI is InChI=1S/C24H30FN3O5S/c1-15-10-16(12-17(25)11-15)19-13-26-22(34(5,31)32)20(14-29)21(19)28-8-6-18(7-9-28)27-23(30)33-24(2,3)4/h10-14,18H,6-9H2,1-5H3,(H,27,30). The summed E-state index contributed by atoms with van der Waals surface area (Å²) in [6, 6.07) is 4.34. The molecule has 1 N–H and O–H groups in total. The van der Waals surface area contributed by atoms with Gasteiger partial charge < -0.3 is 15.0 Å². The molecule has 1 aromatic carbocycles. The number of nitrogens with zero attached hydrogens (tertiary/aromatic N) is 2. The van der Waals surface area contributed by atoms with Crippen LogP contribution >= 0.6 is 0 Å². The Balaban J connectivity index is 1.98. The quantitative estimate of drug-likeness (QED) is 0.632. The van der Waals surface area contributed by atoms with Gasteiger partial charge in [0.05, 0.1) is 11.3 Å². The molecule has 1 aliphatic heterocycles. The first kappa shape index (κ1) is 25.6. The molecule has 2 aromatic rings. The number of alkyl carbamates (subject to hydrolysis) is 1. The second-order valence-electron chi connectivity index (χ2n) is 9.55. The largest absolute Gasteiger partial charge is 0.444 e. The highest BCUT2D eigenvalue weighted by molar-refractivity contribution is 7.90. The van der Waals surface area contributed by atoms with Crippen molar-refractivity contribution in [3.05, 3.63) is 41.3 Å². The fourth-order valence-corrected chi connectivity index (χ4v) is 4.86. The van der Waals surface area contributed by atoms with E-state index < -0.39 is 27.3 Å². The topological polar surface area (TPSA) is 106 Å². The van der Waals surface area contributed by atoms with Gasteiger partial charge in [0.15, 0.2) is 21.1 Å². The van der Waals surface area contributed by atoms with E-state index in [1.807, 2.05) is 4.90 Å². The van der Waals surface area contributed by atoms with E-state index in [1.54, 1.807) is 33.8 Å². The number of rotatable bonds is 5. The van der Waals surface area contributed by atoms with Crippen LogP contribution in [-0.4, -0.2) is 56.8 Å². The molecule has 1 amide bonds. The Morgan fingerprint density at radius 2 is 1.88 bits per heavy atom.